The topological polar surface area (TPSA) is 95.7 Å². The number of hydrogen-bond donors (Lipinski definition) is 3. The molecule has 1 amide bonds. The quantitative estimate of drug-likeness (QED) is 0.600. The second kappa shape index (κ2) is 8.16. The van der Waals surface area contributed by atoms with Crippen molar-refractivity contribution in [2.75, 3.05) is 25.0 Å². The molecule has 20 heavy (non-hydrogen) atoms. The van der Waals surface area contributed by atoms with Gasteiger partial charge in [-0.15, -0.1) is 0 Å². The van der Waals surface area contributed by atoms with Crippen molar-refractivity contribution in [3.05, 3.63) is 30.3 Å². The van der Waals surface area contributed by atoms with Crippen molar-refractivity contribution in [2.24, 2.45) is 5.73 Å². The smallest absolute Gasteiger partial charge is 0.305 e. The van der Waals surface area contributed by atoms with Crippen molar-refractivity contribution >= 4 is 17.6 Å². The highest BCUT2D eigenvalue weighted by molar-refractivity contribution is 5.85. The summed E-state index contributed by atoms with van der Waals surface area (Å²) in [6.07, 6.45) is 0.409. The number of carboxylic acids is 1. The fourth-order valence-electron chi connectivity index (χ4n) is 1.75. The number of anilines is 1. The molecule has 1 aromatic carbocycles. The Labute approximate surface area is 118 Å². The number of rotatable bonds is 8. The molecule has 1 atom stereocenters. The third-order valence-electron chi connectivity index (χ3n) is 2.90. The van der Waals surface area contributed by atoms with Gasteiger partial charge in [0.2, 0.25) is 5.91 Å². The van der Waals surface area contributed by atoms with E-state index in [1.165, 1.54) is 0 Å². The lowest BCUT2D eigenvalue weighted by molar-refractivity contribution is -0.139. The predicted octanol–water partition coefficient (Wildman–Crippen LogP) is 0.431. The van der Waals surface area contributed by atoms with Crippen LogP contribution < -0.4 is 16.0 Å². The van der Waals surface area contributed by atoms with E-state index >= 15 is 0 Å². The molecule has 0 saturated carbocycles. The Morgan fingerprint density at radius 2 is 2.00 bits per heavy atom. The Balaban J connectivity index is 2.21. The first-order valence-electron chi connectivity index (χ1n) is 6.52. The van der Waals surface area contributed by atoms with Gasteiger partial charge in [-0.3, -0.25) is 9.59 Å². The molecule has 1 unspecified atom stereocenters. The zero-order valence-electron chi connectivity index (χ0n) is 11.6. The minimum atomic E-state index is -1.07. The van der Waals surface area contributed by atoms with Gasteiger partial charge in [-0.1, -0.05) is 18.2 Å². The largest absolute Gasteiger partial charge is 0.481 e. The summed E-state index contributed by atoms with van der Waals surface area (Å²) in [4.78, 5) is 24.0. The first-order valence-corrected chi connectivity index (χ1v) is 6.52. The van der Waals surface area contributed by atoms with Crippen LogP contribution in [0, 0.1) is 0 Å². The van der Waals surface area contributed by atoms with Gasteiger partial charge in [0, 0.05) is 25.8 Å². The van der Waals surface area contributed by atoms with E-state index in [0.717, 1.165) is 18.7 Å². The Kier molecular flexibility index (Phi) is 6.52. The molecule has 0 spiro atoms. The third kappa shape index (κ3) is 5.71. The Morgan fingerprint density at radius 3 is 2.60 bits per heavy atom. The minimum absolute atomic E-state index is 0.351. The van der Waals surface area contributed by atoms with Gasteiger partial charge in [-0.05, 0) is 18.6 Å². The summed E-state index contributed by atoms with van der Waals surface area (Å²) >= 11 is 0. The van der Waals surface area contributed by atoms with E-state index in [4.69, 9.17) is 10.8 Å². The molecule has 0 aliphatic rings. The lowest BCUT2D eigenvalue weighted by Crippen LogP contribution is -2.42. The van der Waals surface area contributed by atoms with E-state index in [1.807, 2.05) is 37.4 Å². The number of carbonyl (C=O) groups is 2. The van der Waals surface area contributed by atoms with Crippen LogP contribution in [0.2, 0.25) is 0 Å². The van der Waals surface area contributed by atoms with E-state index in [1.54, 1.807) is 0 Å². The zero-order valence-corrected chi connectivity index (χ0v) is 11.6. The number of aliphatic carboxylic acids is 1. The number of hydrogen-bond acceptors (Lipinski definition) is 4. The van der Waals surface area contributed by atoms with E-state index in [0.29, 0.717) is 6.54 Å². The predicted molar refractivity (Wildman–Crippen MR) is 77.6 cm³/mol. The molecule has 0 aliphatic carbocycles. The molecule has 0 fully saturated rings. The number of amides is 1. The molecule has 0 aromatic heterocycles. The van der Waals surface area contributed by atoms with Crippen LogP contribution in [0.3, 0.4) is 0 Å². The zero-order chi connectivity index (χ0) is 15.0. The monoisotopic (exact) mass is 279 g/mol. The molecule has 1 aromatic rings. The number of nitrogens with two attached hydrogens (primary N) is 1. The molecule has 0 saturated heterocycles. The Bertz CT molecular complexity index is 437. The molecule has 1 rings (SSSR count). The standard InChI is InChI=1S/C14H21N3O3/c1-17(11-6-3-2-4-7-11)9-5-8-16-14(20)12(15)10-13(18)19/h2-4,6-7,12H,5,8-10,15H2,1H3,(H,16,20)(H,18,19). The van der Waals surface area contributed by atoms with Gasteiger partial charge >= 0.3 is 5.97 Å². The fraction of sp³-hybridized carbons (Fsp3) is 0.429. The molecule has 0 bridgehead atoms. The highest BCUT2D eigenvalue weighted by Crippen LogP contribution is 2.10. The molecule has 0 radical (unpaired) electrons. The van der Waals surface area contributed by atoms with E-state index in [2.05, 4.69) is 10.2 Å². The Morgan fingerprint density at radius 1 is 1.35 bits per heavy atom. The molecular formula is C14H21N3O3. The summed E-state index contributed by atoms with van der Waals surface area (Å²) in [5, 5.41) is 11.2. The second-order valence-electron chi connectivity index (χ2n) is 4.61. The van der Waals surface area contributed by atoms with Crippen molar-refractivity contribution in [3.63, 3.8) is 0 Å². The molecule has 6 nitrogen and oxygen atoms in total. The van der Waals surface area contributed by atoms with Crippen LogP contribution in [0.4, 0.5) is 5.69 Å². The van der Waals surface area contributed by atoms with Gasteiger partial charge in [0.05, 0.1) is 12.5 Å². The van der Waals surface area contributed by atoms with Crippen LogP contribution >= 0.6 is 0 Å². The first-order chi connectivity index (χ1) is 9.50. The van der Waals surface area contributed by atoms with Gasteiger partial charge in [-0.25, -0.2) is 0 Å². The van der Waals surface area contributed by atoms with Gasteiger partial charge in [0.15, 0.2) is 0 Å². The van der Waals surface area contributed by atoms with Crippen molar-refractivity contribution < 1.29 is 14.7 Å². The summed E-state index contributed by atoms with van der Waals surface area (Å²) in [7, 11) is 1.98. The van der Waals surface area contributed by atoms with Crippen LogP contribution in [0.5, 0.6) is 0 Å². The van der Waals surface area contributed by atoms with Crippen LogP contribution in [0.15, 0.2) is 30.3 Å². The van der Waals surface area contributed by atoms with Crippen LogP contribution in [-0.4, -0.2) is 43.2 Å². The van der Waals surface area contributed by atoms with Crippen LogP contribution in [0.25, 0.3) is 0 Å². The molecule has 0 aliphatic heterocycles. The average molecular weight is 279 g/mol. The first kappa shape index (κ1) is 16.0. The van der Waals surface area contributed by atoms with Gasteiger partial charge in [-0.2, -0.15) is 0 Å². The molecule has 4 N–H and O–H groups in total. The number of carboxylic acid groups (broad SMARTS) is 1. The summed E-state index contributed by atoms with van der Waals surface area (Å²) < 4.78 is 0. The highest BCUT2D eigenvalue weighted by Gasteiger charge is 2.16. The molecule has 110 valence electrons. The summed E-state index contributed by atoms with van der Waals surface area (Å²) in [6, 6.07) is 8.95. The van der Waals surface area contributed by atoms with Crippen molar-refractivity contribution in [2.45, 2.75) is 18.9 Å². The van der Waals surface area contributed by atoms with E-state index < -0.39 is 17.9 Å². The lowest BCUT2D eigenvalue weighted by atomic mass is 10.2. The number of nitrogens with one attached hydrogen (secondary N) is 1. The lowest BCUT2D eigenvalue weighted by Gasteiger charge is -2.19. The van der Waals surface area contributed by atoms with Crippen LogP contribution in [-0.2, 0) is 9.59 Å². The molecule has 6 heteroatoms. The summed E-state index contributed by atoms with van der Waals surface area (Å²) in [5.41, 5.74) is 6.56. The summed E-state index contributed by atoms with van der Waals surface area (Å²) in [6.45, 7) is 1.27. The number of carbonyl (C=O) groups excluding carboxylic acids is 1. The average Bonchev–Trinajstić information content (AvgIpc) is 2.43. The Hall–Kier alpha value is -2.08. The van der Waals surface area contributed by atoms with E-state index in [-0.39, 0.29) is 6.42 Å². The number of nitrogens with zero attached hydrogens (tertiary/aromatic N) is 1. The normalized spacial score (nSPS) is 11.7. The van der Waals surface area contributed by atoms with Gasteiger partial charge in [0.1, 0.15) is 0 Å². The maximum absolute atomic E-state index is 11.5. The minimum Gasteiger partial charge on any atom is -0.481 e. The SMILES string of the molecule is CN(CCCNC(=O)C(N)CC(=O)O)c1ccccc1. The maximum atomic E-state index is 11.5. The van der Waals surface area contributed by atoms with Crippen molar-refractivity contribution in [3.8, 4) is 0 Å². The second-order valence-corrected chi connectivity index (χ2v) is 4.61. The van der Waals surface area contributed by atoms with Crippen LogP contribution in [0.1, 0.15) is 12.8 Å². The third-order valence-corrected chi connectivity index (χ3v) is 2.90. The van der Waals surface area contributed by atoms with E-state index in [9.17, 15) is 9.59 Å². The van der Waals surface area contributed by atoms with Crippen molar-refractivity contribution in [1.29, 1.82) is 0 Å². The number of para-hydroxylation sites is 1. The van der Waals surface area contributed by atoms with Gasteiger partial charge in [0.25, 0.3) is 0 Å². The number of benzene rings is 1. The maximum Gasteiger partial charge on any atom is 0.305 e. The summed E-state index contributed by atoms with van der Waals surface area (Å²) in [5.74, 6) is -1.49. The fourth-order valence-corrected chi connectivity index (χ4v) is 1.75. The molecule has 0 heterocycles. The van der Waals surface area contributed by atoms with Gasteiger partial charge < -0.3 is 21.1 Å². The highest BCUT2D eigenvalue weighted by atomic mass is 16.4. The van der Waals surface area contributed by atoms with Crippen molar-refractivity contribution in [1.82, 2.24) is 5.32 Å². The molecular weight excluding hydrogens is 258 g/mol.